The summed E-state index contributed by atoms with van der Waals surface area (Å²) in [7, 11) is -4.05. The largest absolute Gasteiger partial charge is 0.463 e. The van der Waals surface area contributed by atoms with Crippen LogP contribution in [0, 0.1) is 6.92 Å². The second-order valence-corrected chi connectivity index (χ2v) is 10.6. The Hall–Kier alpha value is -2.91. The number of hydrogen-bond acceptors (Lipinski definition) is 8. The molecule has 2 aromatic carbocycles. The number of hydrogen-bond donors (Lipinski definition) is 1. The van der Waals surface area contributed by atoms with Crippen molar-refractivity contribution in [2.45, 2.75) is 70.1 Å². The molecule has 1 atom stereocenters. The van der Waals surface area contributed by atoms with E-state index in [0.717, 1.165) is 5.56 Å². The Kier molecular flexibility index (Phi) is 7.92. The van der Waals surface area contributed by atoms with Crippen molar-refractivity contribution in [3.63, 3.8) is 0 Å². The molecule has 9 heteroatoms. The lowest BCUT2D eigenvalue weighted by Crippen LogP contribution is -2.50. The average molecular weight is 478 g/mol. The SMILES string of the molecule is Cc1ccc(S(=O)(=O)Oc2ccc(C(N)(CC(=O)OC(C)C)C(=O)OC(C)(C)C)cc2)cc1. The molecule has 0 bridgehead atoms. The first-order valence-electron chi connectivity index (χ1n) is 10.5. The molecule has 0 aliphatic heterocycles. The van der Waals surface area contributed by atoms with Gasteiger partial charge in [-0.2, -0.15) is 8.42 Å². The highest BCUT2D eigenvalue weighted by Gasteiger charge is 2.42. The molecule has 0 spiro atoms. The van der Waals surface area contributed by atoms with E-state index in [-0.39, 0.29) is 22.3 Å². The Labute approximate surface area is 195 Å². The summed E-state index contributed by atoms with van der Waals surface area (Å²) in [6, 6.07) is 11.8. The summed E-state index contributed by atoms with van der Waals surface area (Å²) in [6.07, 6.45) is -0.842. The number of aryl methyl sites for hydroxylation is 1. The lowest BCUT2D eigenvalue weighted by Gasteiger charge is -2.31. The third-order valence-electron chi connectivity index (χ3n) is 4.44. The normalized spacial score (nSPS) is 13.8. The predicted octanol–water partition coefficient (Wildman–Crippen LogP) is 3.60. The molecule has 0 saturated carbocycles. The lowest BCUT2D eigenvalue weighted by atomic mass is 9.87. The molecule has 1 unspecified atom stereocenters. The van der Waals surface area contributed by atoms with E-state index in [1.807, 2.05) is 6.92 Å². The van der Waals surface area contributed by atoms with E-state index in [1.165, 1.54) is 36.4 Å². The van der Waals surface area contributed by atoms with E-state index in [1.54, 1.807) is 46.8 Å². The molecular formula is C24H31NO7S. The van der Waals surface area contributed by atoms with Gasteiger partial charge in [-0.3, -0.25) is 4.79 Å². The van der Waals surface area contributed by atoms with Crippen molar-refractivity contribution in [3.05, 3.63) is 59.7 Å². The van der Waals surface area contributed by atoms with Gasteiger partial charge in [-0.1, -0.05) is 29.8 Å². The quantitative estimate of drug-likeness (QED) is 0.452. The van der Waals surface area contributed by atoms with Gasteiger partial charge < -0.3 is 19.4 Å². The van der Waals surface area contributed by atoms with E-state index >= 15 is 0 Å². The van der Waals surface area contributed by atoms with Crippen LogP contribution in [-0.2, 0) is 34.7 Å². The molecule has 2 rings (SSSR count). The fourth-order valence-electron chi connectivity index (χ4n) is 2.88. The van der Waals surface area contributed by atoms with Crippen molar-refractivity contribution >= 4 is 22.1 Å². The van der Waals surface area contributed by atoms with E-state index < -0.39 is 39.6 Å². The van der Waals surface area contributed by atoms with Gasteiger partial charge in [0.05, 0.1) is 12.5 Å². The monoisotopic (exact) mass is 477 g/mol. The number of nitrogens with two attached hydrogens (primary N) is 1. The minimum Gasteiger partial charge on any atom is -0.463 e. The number of rotatable bonds is 8. The fourth-order valence-corrected chi connectivity index (χ4v) is 3.81. The molecule has 180 valence electrons. The lowest BCUT2D eigenvalue weighted by molar-refractivity contribution is -0.167. The molecule has 0 radical (unpaired) electrons. The van der Waals surface area contributed by atoms with Crippen molar-refractivity contribution in [2.24, 2.45) is 5.73 Å². The molecule has 0 aliphatic rings. The van der Waals surface area contributed by atoms with Gasteiger partial charge >= 0.3 is 22.1 Å². The summed E-state index contributed by atoms with van der Waals surface area (Å²) in [5, 5.41) is 0. The van der Waals surface area contributed by atoms with Crippen molar-refractivity contribution < 1.29 is 31.7 Å². The van der Waals surface area contributed by atoms with Gasteiger partial charge in [-0.15, -0.1) is 0 Å². The molecule has 2 aromatic rings. The van der Waals surface area contributed by atoms with Gasteiger partial charge in [0.25, 0.3) is 0 Å². The van der Waals surface area contributed by atoms with Crippen LogP contribution in [0.1, 0.15) is 52.2 Å². The summed E-state index contributed by atoms with van der Waals surface area (Å²) in [5.41, 5.74) is 4.88. The van der Waals surface area contributed by atoms with E-state index in [2.05, 4.69) is 0 Å². The molecule has 2 N–H and O–H groups in total. The second-order valence-electron chi connectivity index (χ2n) is 9.06. The first-order chi connectivity index (χ1) is 15.1. The second kappa shape index (κ2) is 9.93. The zero-order valence-electron chi connectivity index (χ0n) is 19.7. The van der Waals surface area contributed by atoms with Gasteiger partial charge in [0.1, 0.15) is 16.2 Å². The highest BCUT2D eigenvalue weighted by molar-refractivity contribution is 7.87. The summed E-state index contributed by atoms with van der Waals surface area (Å²) in [5.74, 6) is -1.45. The topological polar surface area (TPSA) is 122 Å². The maximum atomic E-state index is 12.9. The van der Waals surface area contributed by atoms with Gasteiger partial charge in [0, 0.05) is 0 Å². The van der Waals surface area contributed by atoms with E-state index in [4.69, 9.17) is 19.4 Å². The molecular weight excluding hydrogens is 446 g/mol. The maximum absolute atomic E-state index is 12.9. The Balaban J connectivity index is 2.33. The number of carbonyl (C=O) groups excluding carboxylic acids is 2. The van der Waals surface area contributed by atoms with Crippen LogP contribution in [0.4, 0.5) is 0 Å². The van der Waals surface area contributed by atoms with Crippen LogP contribution >= 0.6 is 0 Å². The van der Waals surface area contributed by atoms with Crippen LogP contribution in [0.15, 0.2) is 53.4 Å². The third-order valence-corrected chi connectivity index (χ3v) is 5.70. The van der Waals surface area contributed by atoms with Gasteiger partial charge in [0.2, 0.25) is 0 Å². The molecule has 0 aliphatic carbocycles. The first-order valence-corrected chi connectivity index (χ1v) is 11.9. The minimum atomic E-state index is -4.05. The predicted molar refractivity (Wildman–Crippen MR) is 123 cm³/mol. The first kappa shape index (κ1) is 26.3. The van der Waals surface area contributed by atoms with Crippen molar-refractivity contribution in [3.8, 4) is 5.75 Å². The number of carbonyl (C=O) groups is 2. The van der Waals surface area contributed by atoms with Crippen LogP contribution in [-0.4, -0.2) is 32.1 Å². The number of ether oxygens (including phenoxy) is 2. The smallest absolute Gasteiger partial charge is 0.339 e. The highest BCUT2D eigenvalue weighted by Crippen LogP contribution is 2.29. The van der Waals surface area contributed by atoms with E-state index in [0.29, 0.717) is 0 Å². The van der Waals surface area contributed by atoms with Crippen LogP contribution in [0.5, 0.6) is 5.75 Å². The minimum absolute atomic E-state index is 0.00975. The van der Waals surface area contributed by atoms with Crippen molar-refractivity contribution in [1.82, 2.24) is 0 Å². The molecule has 8 nitrogen and oxygen atoms in total. The zero-order valence-corrected chi connectivity index (χ0v) is 20.6. The molecule has 0 heterocycles. The van der Waals surface area contributed by atoms with Gasteiger partial charge in [-0.25, -0.2) is 4.79 Å². The Morgan fingerprint density at radius 1 is 0.970 bits per heavy atom. The maximum Gasteiger partial charge on any atom is 0.339 e. The number of esters is 2. The number of benzene rings is 2. The summed E-state index contributed by atoms with van der Waals surface area (Å²) >= 11 is 0. The summed E-state index contributed by atoms with van der Waals surface area (Å²) < 4.78 is 40.9. The zero-order chi connectivity index (χ0) is 25.0. The Morgan fingerprint density at radius 2 is 1.52 bits per heavy atom. The van der Waals surface area contributed by atoms with Crippen LogP contribution in [0.25, 0.3) is 0 Å². The van der Waals surface area contributed by atoms with Gasteiger partial charge in [-0.05, 0) is 71.4 Å². The average Bonchev–Trinajstić information content (AvgIpc) is 2.66. The standard InChI is InChI=1S/C24H31NO7S/c1-16(2)30-21(26)15-24(25,22(27)31-23(4,5)6)18-9-11-19(12-10-18)32-33(28,29)20-13-7-17(3)8-14-20/h7-14,16H,15,25H2,1-6H3. The highest BCUT2D eigenvalue weighted by atomic mass is 32.2. The summed E-state index contributed by atoms with van der Waals surface area (Å²) in [6.45, 7) is 10.3. The molecule has 0 amide bonds. The van der Waals surface area contributed by atoms with Gasteiger partial charge in [0.15, 0.2) is 5.54 Å². The summed E-state index contributed by atoms with van der Waals surface area (Å²) in [4.78, 5) is 25.3. The molecule has 0 fully saturated rings. The third kappa shape index (κ3) is 7.30. The van der Waals surface area contributed by atoms with Crippen molar-refractivity contribution in [1.29, 1.82) is 0 Å². The molecule has 33 heavy (non-hydrogen) atoms. The molecule has 0 saturated heterocycles. The van der Waals surface area contributed by atoms with Crippen LogP contribution in [0.2, 0.25) is 0 Å². The molecule has 0 aromatic heterocycles. The van der Waals surface area contributed by atoms with Crippen LogP contribution in [0.3, 0.4) is 0 Å². The fraction of sp³-hybridized carbons (Fsp3) is 0.417. The Bertz CT molecular complexity index is 1090. The van der Waals surface area contributed by atoms with Crippen LogP contribution < -0.4 is 9.92 Å². The van der Waals surface area contributed by atoms with Crippen molar-refractivity contribution in [2.75, 3.05) is 0 Å². The Morgan fingerprint density at radius 3 is 2.00 bits per heavy atom. The van der Waals surface area contributed by atoms with E-state index in [9.17, 15) is 18.0 Å².